The first-order chi connectivity index (χ1) is 15.0. The van der Waals surface area contributed by atoms with Gasteiger partial charge in [-0.25, -0.2) is 4.39 Å². The standard InChI is InChI=1S/C23H17FN2O3S2/c1-28-20-11-16(5-6-19(20)29-14-15-7-9-25-10-8-15)12-21-22(27)26(23(30)31-21)18-4-2-3-17(24)13-18/h2-13H,14H2,1H3/b21-12-. The molecule has 8 heteroatoms. The molecule has 0 spiro atoms. The van der Waals surface area contributed by atoms with Crippen molar-refractivity contribution in [3.63, 3.8) is 0 Å². The molecule has 156 valence electrons. The summed E-state index contributed by atoms with van der Waals surface area (Å²) in [5.41, 5.74) is 2.15. The Labute approximate surface area is 188 Å². The van der Waals surface area contributed by atoms with Crippen LogP contribution in [0.2, 0.25) is 0 Å². The molecule has 0 N–H and O–H groups in total. The number of anilines is 1. The van der Waals surface area contributed by atoms with Crippen molar-refractivity contribution in [2.24, 2.45) is 0 Å². The Morgan fingerprint density at radius 3 is 2.68 bits per heavy atom. The van der Waals surface area contributed by atoms with Crippen LogP contribution < -0.4 is 14.4 Å². The van der Waals surface area contributed by atoms with Crippen molar-refractivity contribution in [3.8, 4) is 11.5 Å². The highest BCUT2D eigenvalue weighted by Gasteiger charge is 2.33. The average Bonchev–Trinajstić information content (AvgIpc) is 3.06. The molecular weight excluding hydrogens is 435 g/mol. The van der Waals surface area contributed by atoms with Crippen LogP contribution in [0.1, 0.15) is 11.1 Å². The summed E-state index contributed by atoms with van der Waals surface area (Å²) in [4.78, 5) is 18.6. The lowest BCUT2D eigenvalue weighted by molar-refractivity contribution is -0.113. The maximum absolute atomic E-state index is 13.6. The summed E-state index contributed by atoms with van der Waals surface area (Å²) in [5.74, 6) is 0.410. The number of thioether (sulfide) groups is 1. The number of halogens is 1. The molecule has 4 rings (SSSR count). The maximum atomic E-state index is 13.6. The molecule has 2 heterocycles. The molecule has 1 amide bonds. The molecule has 0 unspecified atom stereocenters. The number of hydrogen-bond donors (Lipinski definition) is 0. The van der Waals surface area contributed by atoms with Gasteiger partial charge in [-0.05, 0) is 59.7 Å². The highest BCUT2D eigenvalue weighted by atomic mass is 32.2. The number of nitrogens with zero attached hydrogens (tertiary/aromatic N) is 2. The van der Waals surface area contributed by atoms with Gasteiger partial charge in [0.15, 0.2) is 15.8 Å². The molecule has 0 aliphatic carbocycles. The van der Waals surface area contributed by atoms with E-state index in [9.17, 15) is 9.18 Å². The largest absolute Gasteiger partial charge is 0.493 e. The number of aromatic nitrogens is 1. The van der Waals surface area contributed by atoms with Crippen LogP contribution >= 0.6 is 24.0 Å². The van der Waals surface area contributed by atoms with Crippen LogP contribution in [0, 0.1) is 5.82 Å². The number of methoxy groups -OCH3 is 1. The third-order valence-corrected chi connectivity index (χ3v) is 5.79. The van der Waals surface area contributed by atoms with Gasteiger partial charge in [-0.1, -0.05) is 36.1 Å². The number of thiocarbonyl (C=S) groups is 1. The number of rotatable bonds is 6. The number of pyridine rings is 1. The van der Waals surface area contributed by atoms with Crippen molar-refractivity contribution in [1.29, 1.82) is 0 Å². The number of carbonyl (C=O) groups excluding carboxylic acids is 1. The van der Waals surface area contributed by atoms with Crippen molar-refractivity contribution in [1.82, 2.24) is 4.98 Å². The Morgan fingerprint density at radius 2 is 1.94 bits per heavy atom. The third kappa shape index (κ3) is 4.76. The van der Waals surface area contributed by atoms with E-state index in [0.717, 1.165) is 11.1 Å². The van der Waals surface area contributed by atoms with Gasteiger partial charge in [0, 0.05) is 12.4 Å². The monoisotopic (exact) mass is 452 g/mol. The van der Waals surface area contributed by atoms with E-state index in [1.807, 2.05) is 18.2 Å². The third-order valence-electron chi connectivity index (χ3n) is 4.49. The Hall–Kier alpha value is -3.23. The number of benzene rings is 2. The fourth-order valence-corrected chi connectivity index (χ4v) is 4.29. The van der Waals surface area contributed by atoms with Gasteiger partial charge in [0.1, 0.15) is 12.4 Å². The fraction of sp³-hybridized carbons (Fsp3) is 0.0870. The van der Waals surface area contributed by atoms with E-state index in [-0.39, 0.29) is 5.91 Å². The topological polar surface area (TPSA) is 51.7 Å². The van der Waals surface area contributed by atoms with E-state index >= 15 is 0 Å². The average molecular weight is 453 g/mol. The van der Waals surface area contributed by atoms with Crippen molar-refractivity contribution >= 4 is 46.0 Å². The molecule has 1 fully saturated rings. The molecule has 2 aromatic carbocycles. The summed E-state index contributed by atoms with van der Waals surface area (Å²) in [6.07, 6.45) is 5.14. The zero-order valence-electron chi connectivity index (χ0n) is 16.4. The number of hydrogen-bond acceptors (Lipinski definition) is 6. The van der Waals surface area contributed by atoms with Gasteiger partial charge in [-0.3, -0.25) is 14.7 Å². The normalized spacial score (nSPS) is 14.9. The molecule has 0 atom stereocenters. The van der Waals surface area contributed by atoms with E-state index < -0.39 is 5.82 Å². The Balaban J connectivity index is 1.54. The van der Waals surface area contributed by atoms with Gasteiger partial charge in [-0.2, -0.15) is 0 Å². The smallest absolute Gasteiger partial charge is 0.270 e. The van der Waals surface area contributed by atoms with Crippen molar-refractivity contribution in [2.75, 3.05) is 12.0 Å². The highest BCUT2D eigenvalue weighted by Crippen LogP contribution is 2.37. The molecule has 1 aliphatic heterocycles. The molecule has 1 aliphatic rings. The minimum atomic E-state index is -0.428. The van der Waals surface area contributed by atoms with E-state index in [1.165, 1.54) is 28.8 Å². The summed E-state index contributed by atoms with van der Waals surface area (Å²) in [6, 6.07) is 15.0. The van der Waals surface area contributed by atoms with Crippen LogP contribution in [0.5, 0.6) is 11.5 Å². The second-order valence-electron chi connectivity index (χ2n) is 6.55. The highest BCUT2D eigenvalue weighted by molar-refractivity contribution is 8.27. The lowest BCUT2D eigenvalue weighted by Gasteiger charge is -2.14. The molecule has 0 saturated carbocycles. The van der Waals surface area contributed by atoms with Gasteiger partial charge in [-0.15, -0.1) is 0 Å². The second-order valence-corrected chi connectivity index (χ2v) is 8.23. The molecule has 31 heavy (non-hydrogen) atoms. The van der Waals surface area contributed by atoms with Crippen molar-refractivity contribution in [2.45, 2.75) is 6.61 Å². The Morgan fingerprint density at radius 1 is 1.13 bits per heavy atom. The zero-order chi connectivity index (χ0) is 21.8. The first-order valence-corrected chi connectivity index (χ1v) is 10.5. The van der Waals surface area contributed by atoms with Gasteiger partial charge in [0.25, 0.3) is 5.91 Å². The predicted molar refractivity (Wildman–Crippen MR) is 124 cm³/mol. The van der Waals surface area contributed by atoms with Crippen LogP contribution in [0.25, 0.3) is 6.08 Å². The predicted octanol–water partition coefficient (Wildman–Crippen LogP) is 5.21. The first kappa shape index (κ1) is 21.0. The quantitative estimate of drug-likeness (QED) is 0.378. The molecule has 3 aromatic rings. The summed E-state index contributed by atoms with van der Waals surface area (Å²) in [5, 5.41) is 0. The maximum Gasteiger partial charge on any atom is 0.270 e. The summed E-state index contributed by atoms with van der Waals surface area (Å²) >= 11 is 6.51. The van der Waals surface area contributed by atoms with Crippen LogP contribution in [-0.4, -0.2) is 22.3 Å². The lowest BCUT2D eigenvalue weighted by Crippen LogP contribution is -2.27. The van der Waals surface area contributed by atoms with Gasteiger partial charge in [0.2, 0.25) is 0 Å². The summed E-state index contributed by atoms with van der Waals surface area (Å²) in [7, 11) is 1.56. The van der Waals surface area contributed by atoms with Crippen LogP contribution in [-0.2, 0) is 11.4 Å². The molecule has 5 nitrogen and oxygen atoms in total. The minimum Gasteiger partial charge on any atom is -0.493 e. The molecule has 1 aromatic heterocycles. The number of carbonyl (C=O) groups is 1. The number of ether oxygens (including phenoxy) is 2. The van der Waals surface area contributed by atoms with Crippen molar-refractivity contribution in [3.05, 3.63) is 88.8 Å². The fourth-order valence-electron chi connectivity index (χ4n) is 2.99. The summed E-state index contributed by atoms with van der Waals surface area (Å²) in [6.45, 7) is 0.379. The second kappa shape index (κ2) is 9.28. The van der Waals surface area contributed by atoms with Gasteiger partial charge < -0.3 is 9.47 Å². The van der Waals surface area contributed by atoms with Crippen LogP contribution in [0.4, 0.5) is 10.1 Å². The lowest BCUT2D eigenvalue weighted by atomic mass is 10.1. The Kier molecular flexibility index (Phi) is 6.29. The van der Waals surface area contributed by atoms with E-state index in [4.69, 9.17) is 21.7 Å². The Bertz CT molecular complexity index is 1170. The van der Waals surface area contributed by atoms with Crippen LogP contribution in [0.3, 0.4) is 0 Å². The van der Waals surface area contributed by atoms with Crippen molar-refractivity contribution < 1.29 is 18.7 Å². The number of amides is 1. The molecular formula is C23H17FN2O3S2. The molecule has 0 radical (unpaired) electrons. The minimum absolute atomic E-state index is 0.294. The van der Waals surface area contributed by atoms with Gasteiger partial charge in [0.05, 0.1) is 17.7 Å². The SMILES string of the molecule is COc1cc(/C=C2\SC(=S)N(c3cccc(F)c3)C2=O)ccc1OCc1ccncc1. The first-order valence-electron chi connectivity index (χ1n) is 9.28. The summed E-state index contributed by atoms with van der Waals surface area (Å²) < 4.78 is 25.2. The van der Waals surface area contributed by atoms with E-state index in [1.54, 1.807) is 49.8 Å². The zero-order valence-corrected chi connectivity index (χ0v) is 18.1. The van der Waals surface area contributed by atoms with E-state index in [2.05, 4.69) is 4.98 Å². The molecule has 0 bridgehead atoms. The molecule has 1 saturated heterocycles. The van der Waals surface area contributed by atoms with Crippen LogP contribution in [0.15, 0.2) is 71.9 Å². The van der Waals surface area contributed by atoms with E-state index in [0.29, 0.717) is 33.0 Å². The van der Waals surface area contributed by atoms with Gasteiger partial charge >= 0.3 is 0 Å².